The lowest BCUT2D eigenvalue weighted by molar-refractivity contribution is -0.143. The number of nitrogens with zero attached hydrogens (tertiary/aromatic N) is 1. The summed E-state index contributed by atoms with van der Waals surface area (Å²) in [6.07, 6.45) is 0. The Labute approximate surface area is 170 Å². The van der Waals surface area contributed by atoms with E-state index in [1.54, 1.807) is 19.2 Å². The average Bonchev–Trinajstić information content (AvgIpc) is 3.06. The minimum absolute atomic E-state index is 0.336. The van der Waals surface area contributed by atoms with Gasteiger partial charge in [0.15, 0.2) is 6.04 Å². The van der Waals surface area contributed by atoms with E-state index in [2.05, 4.69) is 5.32 Å². The molecule has 1 amide bonds. The van der Waals surface area contributed by atoms with Crippen LogP contribution in [0.1, 0.15) is 33.4 Å². The molecule has 2 aromatic carbocycles. The van der Waals surface area contributed by atoms with Gasteiger partial charge < -0.3 is 19.4 Å². The van der Waals surface area contributed by atoms with Crippen LogP contribution in [0.15, 0.2) is 60.7 Å². The van der Waals surface area contributed by atoms with E-state index in [4.69, 9.17) is 9.47 Å². The lowest BCUT2D eigenvalue weighted by Gasteiger charge is -2.17. The summed E-state index contributed by atoms with van der Waals surface area (Å²) >= 11 is 0. The van der Waals surface area contributed by atoms with Gasteiger partial charge in [-0.25, -0.2) is 4.79 Å². The second-order valence-corrected chi connectivity index (χ2v) is 6.66. The fraction of sp³-hybridized carbons (Fsp3) is 0.217. The van der Waals surface area contributed by atoms with Crippen LogP contribution >= 0.6 is 0 Å². The van der Waals surface area contributed by atoms with Crippen molar-refractivity contribution in [3.05, 3.63) is 83.2 Å². The molecule has 0 aliphatic heterocycles. The van der Waals surface area contributed by atoms with Crippen LogP contribution in [0, 0.1) is 13.8 Å². The second-order valence-electron chi connectivity index (χ2n) is 6.66. The van der Waals surface area contributed by atoms with Crippen molar-refractivity contribution in [2.45, 2.75) is 19.9 Å². The summed E-state index contributed by atoms with van der Waals surface area (Å²) in [6.45, 7) is 3.81. The van der Waals surface area contributed by atoms with E-state index < -0.39 is 12.0 Å². The molecule has 1 aromatic heterocycles. The molecule has 0 saturated heterocycles. The number of ether oxygens (including phenoxy) is 2. The predicted octanol–water partition coefficient (Wildman–Crippen LogP) is 3.75. The average molecular weight is 392 g/mol. The number of aryl methyl sites for hydroxylation is 1. The zero-order chi connectivity index (χ0) is 21.0. The number of hydrogen-bond acceptors (Lipinski definition) is 4. The van der Waals surface area contributed by atoms with Gasteiger partial charge in [-0.1, -0.05) is 30.3 Å². The summed E-state index contributed by atoms with van der Waals surface area (Å²) in [5.74, 6) is -0.0939. The van der Waals surface area contributed by atoms with Crippen molar-refractivity contribution >= 4 is 11.9 Å². The fourth-order valence-electron chi connectivity index (χ4n) is 3.37. The SMILES string of the molecule is COC(=O)C(NC(=O)c1cc(C)n(-c2ccc(OC)cc2)c1C)c1ccccc1. The maximum Gasteiger partial charge on any atom is 0.333 e. The minimum atomic E-state index is -0.877. The van der Waals surface area contributed by atoms with Crippen LogP contribution < -0.4 is 10.1 Å². The first-order valence-corrected chi connectivity index (χ1v) is 9.23. The van der Waals surface area contributed by atoms with Crippen molar-refractivity contribution < 1.29 is 19.1 Å². The van der Waals surface area contributed by atoms with Crippen LogP contribution in [0.4, 0.5) is 0 Å². The Morgan fingerprint density at radius 3 is 2.21 bits per heavy atom. The Hall–Kier alpha value is -3.54. The molecule has 0 spiro atoms. The molecule has 29 heavy (non-hydrogen) atoms. The van der Waals surface area contributed by atoms with Crippen LogP contribution in [0.25, 0.3) is 5.69 Å². The van der Waals surface area contributed by atoms with Gasteiger partial charge in [-0.2, -0.15) is 0 Å². The number of amides is 1. The highest BCUT2D eigenvalue weighted by molar-refractivity contribution is 5.98. The molecule has 1 unspecified atom stereocenters. The standard InChI is InChI=1S/C23H24N2O4/c1-15-14-20(16(2)25(15)18-10-12-19(28-3)13-11-18)22(26)24-21(23(27)29-4)17-8-6-5-7-9-17/h5-14,21H,1-4H3,(H,24,26). The van der Waals surface area contributed by atoms with E-state index in [9.17, 15) is 9.59 Å². The third-order valence-electron chi connectivity index (χ3n) is 4.85. The Balaban J connectivity index is 1.91. The summed E-state index contributed by atoms with van der Waals surface area (Å²) in [6, 6.07) is 17.6. The lowest BCUT2D eigenvalue weighted by Crippen LogP contribution is -2.34. The molecule has 6 heteroatoms. The summed E-state index contributed by atoms with van der Waals surface area (Å²) in [5.41, 5.74) is 3.78. The molecule has 0 aliphatic rings. The first-order valence-electron chi connectivity index (χ1n) is 9.23. The summed E-state index contributed by atoms with van der Waals surface area (Å²) in [5, 5.41) is 2.80. The Kier molecular flexibility index (Phi) is 6.02. The largest absolute Gasteiger partial charge is 0.497 e. The first kappa shape index (κ1) is 20.2. The van der Waals surface area contributed by atoms with E-state index in [1.807, 2.05) is 66.9 Å². The van der Waals surface area contributed by atoms with Gasteiger partial charge >= 0.3 is 5.97 Å². The molecular weight excluding hydrogens is 368 g/mol. The third-order valence-corrected chi connectivity index (χ3v) is 4.85. The Bertz CT molecular complexity index is 1010. The number of methoxy groups -OCH3 is 2. The number of aromatic nitrogens is 1. The van der Waals surface area contributed by atoms with Gasteiger partial charge in [0.05, 0.1) is 19.8 Å². The zero-order valence-electron chi connectivity index (χ0n) is 16.9. The summed E-state index contributed by atoms with van der Waals surface area (Å²) < 4.78 is 12.1. The molecule has 1 heterocycles. The number of benzene rings is 2. The molecule has 6 nitrogen and oxygen atoms in total. The summed E-state index contributed by atoms with van der Waals surface area (Å²) in [4.78, 5) is 25.3. The highest BCUT2D eigenvalue weighted by Crippen LogP contribution is 2.24. The first-order chi connectivity index (χ1) is 14.0. The number of carbonyl (C=O) groups is 2. The number of carbonyl (C=O) groups excluding carboxylic acids is 2. The summed E-state index contributed by atoms with van der Waals surface area (Å²) in [7, 11) is 2.92. The molecule has 0 fully saturated rings. The highest BCUT2D eigenvalue weighted by atomic mass is 16.5. The van der Waals surface area contributed by atoms with E-state index in [-0.39, 0.29) is 5.91 Å². The van der Waals surface area contributed by atoms with Crippen molar-refractivity contribution in [3.8, 4) is 11.4 Å². The molecule has 3 rings (SSSR count). The maximum atomic E-state index is 13.0. The van der Waals surface area contributed by atoms with Crippen LogP contribution in [0.3, 0.4) is 0 Å². The monoisotopic (exact) mass is 392 g/mol. The fourth-order valence-corrected chi connectivity index (χ4v) is 3.37. The number of rotatable bonds is 6. The zero-order valence-corrected chi connectivity index (χ0v) is 16.9. The molecular formula is C23H24N2O4. The van der Waals surface area contributed by atoms with Gasteiger partial charge in [-0.05, 0) is 49.7 Å². The molecule has 3 aromatic rings. The third kappa shape index (κ3) is 4.16. The van der Waals surface area contributed by atoms with Gasteiger partial charge in [0.2, 0.25) is 0 Å². The van der Waals surface area contributed by atoms with Gasteiger partial charge in [0.25, 0.3) is 5.91 Å². The van der Waals surface area contributed by atoms with Gasteiger partial charge in [-0.3, -0.25) is 4.79 Å². The topological polar surface area (TPSA) is 69.6 Å². The Morgan fingerprint density at radius 2 is 1.62 bits per heavy atom. The second kappa shape index (κ2) is 8.65. The molecule has 1 atom stereocenters. The van der Waals surface area contributed by atoms with Crippen molar-refractivity contribution in [1.29, 1.82) is 0 Å². The van der Waals surface area contributed by atoms with E-state index >= 15 is 0 Å². The lowest BCUT2D eigenvalue weighted by atomic mass is 10.1. The normalized spacial score (nSPS) is 11.6. The maximum absolute atomic E-state index is 13.0. The van der Waals surface area contributed by atoms with Crippen LogP contribution in [0.2, 0.25) is 0 Å². The molecule has 0 bridgehead atoms. The molecule has 1 N–H and O–H groups in total. The van der Waals surface area contributed by atoms with Gasteiger partial charge in [0.1, 0.15) is 5.75 Å². The van der Waals surface area contributed by atoms with Crippen LogP contribution in [-0.2, 0) is 9.53 Å². The number of hydrogen-bond donors (Lipinski definition) is 1. The quantitative estimate of drug-likeness (QED) is 0.649. The van der Waals surface area contributed by atoms with Crippen molar-refractivity contribution in [1.82, 2.24) is 9.88 Å². The van der Waals surface area contributed by atoms with Crippen molar-refractivity contribution in [2.24, 2.45) is 0 Å². The minimum Gasteiger partial charge on any atom is -0.497 e. The smallest absolute Gasteiger partial charge is 0.333 e. The Morgan fingerprint density at radius 1 is 0.966 bits per heavy atom. The highest BCUT2D eigenvalue weighted by Gasteiger charge is 2.26. The molecule has 0 aliphatic carbocycles. The van der Waals surface area contributed by atoms with Crippen molar-refractivity contribution in [3.63, 3.8) is 0 Å². The van der Waals surface area contributed by atoms with E-state index in [0.29, 0.717) is 11.1 Å². The predicted molar refractivity (Wildman–Crippen MR) is 110 cm³/mol. The number of esters is 1. The van der Waals surface area contributed by atoms with Crippen LogP contribution in [-0.4, -0.2) is 30.7 Å². The van der Waals surface area contributed by atoms with Gasteiger partial charge in [0, 0.05) is 17.1 Å². The van der Waals surface area contributed by atoms with Crippen molar-refractivity contribution in [2.75, 3.05) is 14.2 Å². The van der Waals surface area contributed by atoms with E-state index in [0.717, 1.165) is 22.8 Å². The van der Waals surface area contributed by atoms with Crippen LogP contribution in [0.5, 0.6) is 5.75 Å². The van der Waals surface area contributed by atoms with Gasteiger partial charge in [-0.15, -0.1) is 0 Å². The molecule has 150 valence electrons. The number of nitrogens with one attached hydrogen (secondary N) is 1. The molecule has 0 saturated carbocycles. The van der Waals surface area contributed by atoms with E-state index in [1.165, 1.54) is 7.11 Å². The molecule has 0 radical (unpaired) electrons.